The quantitative estimate of drug-likeness (QED) is 0.870. The Morgan fingerprint density at radius 3 is 2.30 bits per heavy atom. The average molecular weight is 298 g/mol. The third-order valence-corrected chi connectivity index (χ3v) is 5.07. The van der Waals surface area contributed by atoms with E-state index in [9.17, 15) is 12.8 Å². The molecule has 0 radical (unpaired) electrons. The minimum Gasteiger partial charge on any atom is -0.360 e. The van der Waals surface area contributed by atoms with Crippen LogP contribution in [0.1, 0.15) is 18.4 Å². The number of anilines is 1. The summed E-state index contributed by atoms with van der Waals surface area (Å²) in [4.78, 5) is 0.0590. The van der Waals surface area contributed by atoms with E-state index >= 15 is 0 Å². The van der Waals surface area contributed by atoms with E-state index in [0.717, 1.165) is 0 Å². The molecule has 0 spiro atoms. The highest BCUT2D eigenvalue weighted by Gasteiger charge is 2.30. The van der Waals surface area contributed by atoms with Crippen LogP contribution in [-0.4, -0.2) is 20.1 Å². The molecular weight excluding hydrogens is 283 g/mol. The van der Waals surface area contributed by atoms with Crippen molar-refractivity contribution in [2.75, 3.05) is 10.8 Å². The summed E-state index contributed by atoms with van der Waals surface area (Å²) in [6.45, 7) is 5.05. The van der Waals surface area contributed by atoms with Crippen LogP contribution in [-0.2, 0) is 10.0 Å². The predicted octanol–water partition coefficient (Wildman–Crippen LogP) is 2.65. The van der Waals surface area contributed by atoms with Gasteiger partial charge in [-0.15, -0.1) is 0 Å². The van der Waals surface area contributed by atoms with Crippen molar-refractivity contribution in [1.82, 2.24) is 5.16 Å². The molecule has 2 aromatic rings. The highest BCUT2D eigenvalue weighted by Crippen LogP contribution is 2.27. The molecule has 0 N–H and O–H groups in total. The first-order valence-electron chi connectivity index (χ1n) is 6.09. The Hall–Kier alpha value is -1.89. The molecule has 0 atom stereocenters. The van der Waals surface area contributed by atoms with Gasteiger partial charge >= 0.3 is 0 Å². The maximum absolute atomic E-state index is 13.0. The molecule has 0 saturated heterocycles. The van der Waals surface area contributed by atoms with Gasteiger partial charge in [-0.1, -0.05) is 5.16 Å². The Bertz CT molecular complexity index is 688. The molecule has 0 fully saturated rings. The number of aryl methyl sites for hydroxylation is 2. The maximum atomic E-state index is 13.0. The molecule has 1 aromatic heterocycles. The van der Waals surface area contributed by atoms with Gasteiger partial charge in [0.25, 0.3) is 10.0 Å². The molecule has 0 unspecified atom stereocenters. The lowest BCUT2D eigenvalue weighted by molar-refractivity contribution is 0.390. The molecular formula is C13H15FN2O3S. The maximum Gasteiger partial charge on any atom is 0.269 e. The minimum absolute atomic E-state index is 0.0590. The summed E-state index contributed by atoms with van der Waals surface area (Å²) in [6.07, 6.45) is 0. The Morgan fingerprint density at radius 1 is 1.25 bits per heavy atom. The molecule has 5 nitrogen and oxygen atoms in total. The van der Waals surface area contributed by atoms with Gasteiger partial charge in [0, 0.05) is 6.54 Å². The van der Waals surface area contributed by atoms with E-state index in [-0.39, 0.29) is 17.2 Å². The van der Waals surface area contributed by atoms with Crippen LogP contribution in [0, 0.1) is 19.7 Å². The van der Waals surface area contributed by atoms with Gasteiger partial charge in [-0.2, -0.15) is 0 Å². The zero-order valence-electron chi connectivity index (χ0n) is 11.4. The summed E-state index contributed by atoms with van der Waals surface area (Å²) in [7, 11) is -3.78. The topological polar surface area (TPSA) is 63.4 Å². The molecule has 0 aliphatic heterocycles. The normalized spacial score (nSPS) is 11.6. The van der Waals surface area contributed by atoms with Crippen LogP contribution in [0.5, 0.6) is 0 Å². The summed E-state index contributed by atoms with van der Waals surface area (Å²) in [6, 6.07) is 5.30. The van der Waals surface area contributed by atoms with Crippen LogP contribution in [0.3, 0.4) is 0 Å². The number of aromatic nitrogens is 1. The van der Waals surface area contributed by atoms with Crippen LogP contribution in [0.4, 0.5) is 10.1 Å². The molecule has 108 valence electrons. The standard InChI is InChI=1S/C13H15FN2O3S/c1-4-16(12-7-5-11(14)6-8-12)20(17,18)13-9(2)15-19-10(13)3/h5-8H,4H2,1-3H3. The Morgan fingerprint density at radius 2 is 1.85 bits per heavy atom. The summed E-state index contributed by atoms with van der Waals surface area (Å²) in [5.74, 6) is -0.178. The fourth-order valence-electron chi connectivity index (χ4n) is 2.05. The van der Waals surface area contributed by atoms with Gasteiger partial charge in [0.15, 0.2) is 10.7 Å². The Labute approximate surface area is 117 Å². The van der Waals surface area contributed by atoms with Crippen LogP contribution < -0.4 is 4.31 Å². The first kappa shape index (κ1) is 14.5. The molecule has 1 aromatic carbocycles. The van der Waals surface area contributed by atoms with Crippen molar-refractivity contribution in [3.63, 3.8) is 0 Å². The molecule has 0 aliphatic carbocycles. The first-order valence-corrected chi connectivity index (χ1v) is 7.53. The zero-order chi connectivity index (χ0) is 14.9. The van der Waals surface area contributed by atoms with Gasteiger partial charge in [0.2, 0.25) is 0 Å². The summed E-state index contributed by atoms with van der Waals surface area (Å²) in [5, 5.41) is 3.67. The van der Waals surface area contributed by atoms with Gasteiger partial charge in [0.1, 0.15) is 11.5 Å². The second kappa shape index (κ2) is 5.24. The first-order chi connectivity index (χ1) is 9.37. The molecule has 0 aliphatic rings. The number of hydrogen-bond donors (Lipinski definition) is 0. The lowest BCUT2D eigenvalue weighted by Crippen LogP contribution is -2.31. The van der Waals surface area contributed by atoms with Crippen LogP contribution in [0.25, 0.3) is 0 Å². The number of hydrogen-bond acceptors (Lipinski definition) is 4. The number of sulfonamides is 1. The fraction of sp³-hybridized carbons (Fsp3) is 0.308. The summed E-state index contributed by atoms with van der Waals surface area (Å²) >= 11 is 0. The molecule has 7 heteroatoms. The second-order valence-electron chi connectivity index (χ2n) is 4.30. The monoisotopic (exact) mass is 298 g/mol. The van der Waals surface area contributed by atoms with E-state index in [1.54, 1.807) is 20.8 Å². The van der Waals surface area contributed by atoms with Gasteiger partial charge in [-0.05, 0) is 45.0 Å². The summed E-state index contributed by atoms with van der Waals surface area (Å²) < 4.78 is 44.4. The van der Waals surface area contributed by atoms with E-state index in [1.807, 2.05) is 0 Å². The Balaban J connectivity index is 2.53. The van der Waals surface area contributed by atoms with Crippen molar-refractivity contribution in [1.29, 1.82) is 0 Å². The Kier molecular flexibility index (Phi) is 3.80. The smallest absolute Gasteiger partial charge is 0.269 e. The summed E-state index contributed by atoms with van der Waals surface area (Å²) in [5.41, 5.74) is 0.706. The number of halogens is 1. The van der Waals surface area contributed by atoms with Crippen molar-refractivity contribution >= 4 is 15.7 Å². The van der Waals surface area contributed by atoms with Crippen LogP contribution in [0.2, 0.25) is 0 Å². The molecule has 0 saturated carbocycles. The highest BCUT2D eigenvalue weighted by atomic mass is 32.2. The van der Waals surface area contributed by atoms with Crippen molar-refractivity contribution in [3.05, 3.63) is 41.5 Å². The number of rotatable bonds is 4. The molecule has 0 bridgehead atoms. The van der Waals surface area contributed by atoms with Crippen molar-refractivity contribution in [3.8, 4) is 0 Å². The van der Waals surface area contributed by atoms with E-state index in [2.05, 4.69) is 5.16 Å². The SMILES string of the molecule is CCN(c1ccc(F)cc1)S(=O)(=O)c1c(C)noc1C. The minimum atomic E-state index is -3.78. The van der Waals surface area contributed by atoms with Crippen molar-refractivity contribution in [2.24, 2.45) is 0 Å². The van der Waals surface area contributed by atoms with Crippen LogP contribution in [0.15, 0.2) is 33.7 Å². The molecule has 20 heavy (non-hydrogen) atoms. The van der Waals surface area contributed by atoms with E-state index < -0.39 is 15.8 Å². The second-order valence-corrected chi connectivity index (χ2v) is 6.10. The largest absolute Gasteiger partial charge is 0.360 e. The third-order valence-electron chi connectivity index (χ3n) is 2.92. The highest BCUT2D eigenvalue weighted by molar-refractivity contribution is 7.93. The van der Waals surface area contributed by atoms with E-state index in [4.69, 9.17) is 4.52 Å². The van der Waals surface area contributed by atoms with Crippen molar-refractivity contribution in [2.45, 2.75) is 25.7 Å². The fourth-order valence-corrected chi connectivity index (χ4v) is 3.82. The van der Waals surface area contributed by atoms with E-state index in [0.29, 0.717) is 11.4 Å². The van der Waals surface area contributed by atoms with Gasteiger partial charge in [-0.25, -0.2) is 12.8 Å². The predicted molar refractivity (Wildman–Crippen MR) is 72.6 cm³/mol. The lowest BCUT2D eigenvalue weighted by atomic mass is 10.3. The molecule has 2 rings (SSSR count). The number of benzene rings is 1. The molecule has 1 heterocycles. The van der Waals surface area contributed by atoms with Crippen molar-refractivity contribution < 1.29 is 17.3 Å². The van der Waals surface area contributed by atoms with E-state index in [1.165, 1.54) is 28.6 Å². The number of nitrogens with zero attached hydrogens (tertiary/aromatic N) is 2. The average Bonchev–Trinajstić information content (AvgIpc) is 2.72. The molecule has 0 amide bonds. The third kappa shape index (κ3) is 2.40. The van der Waals surface area contributed by atoms with Gasteiger partial charge < -0.3 is 4.52 Å². The van der Waals surface area contributed by atoms with Gasteiger partial charge in [0.05, 0.1) is 5.69 Å². The zero-order valence-corrected chi connectivity index (χ0v) is 12.2. The van der Waals surface area contributed by atoms with Gasteiger partial charge in [-0.3, -0.25) is 4.31 Å². The lowest BCUT2D eigenvalue weighted by Gasteiger charge is -2.22. The van der Waals surface area contributed by atoms with Crippen LogP contribution >= 0.6 is 0 Å².